The van der Waals surface area contributed by atoms with Gasteiger partial charge in [-0.1, -0.05) is 12.1 Å². The van der Waals surface area contributed by atoms with Gasteiger partial charge in [-0.3, -0.25) is 0 Å². The SMILES string of the molecule is ClCC[n+]1cccc2ccccc21.[Br-]. The van der Waals surface area contributed by atoms with Gasteiger partial charge < -0.3 is 17.0 Å². The Morgan fingerprint density at radius 1 is 1.07 bits per heavy atom. The Labute approximate surface area is 99.1 Å². The Morgan fingerprint density at radius 2 is 1.79 bits per heavy atom. The number of pyridine rings is 1. The van der Waals surface area contributed by atoms with Crippen LogP contribution in [0, 0.1) is 0 Å². The second-order valence-corrected chi connectivity index (χ2v) is 3.33. The lowest BCUT2D eigenvalue weighted by molar-refractivity contribution is -0.666. The van der Waals surface area contributed by atoms with Crippen LogP contribution in [0.1, 0.15) is 0 Å². The number of hydrogen-bond acceptors (Lipinski definition) is 0. The van der Waals surface area contributed by atoms with Gasteiger partial charge in [-0.25, -0.2) is 0 Å². The van der Waals surface area contributed by atoms with E-state index in [0.29, 0.717) is 5.88 Å². The van der Waals surface area contributed by atoms with Crippen molar-refractivity contribution in [1.82, 2.24) is 0 Å². The zero-order valence-electron chi connectivity index (χ0n) is 7.66. The molecule has 0 spiro atoms. The topological polar surface area (TPSA) is 3.88 Å². The highest BCUT2D eigenvalue weighted by Crippen LogP contribution is 2.07. The smallest absolute Gasteiger partial charge is 0.212 e. The van der Waals surface area contributed by atoms with Crippen LogP contribution in [-0.4, -0.2) is 5.88 Å². The fraction of sp³-hybridized carbons (Fsp3) is 0.182. The van der Waals surface area contributed by atoms with Gasteiger partial charge in [0.05, 0.1) is 5.88 Å². The van der Waals surface area contributed by atoms with Gasteiger partial charge >= 0.3 is 0 Å². The molecule has 3 heteroatoms. The van der Waals surface area contributed by atoms with Gasteiger partial charge in [-0.2, -0.15) is 4.57 Å². The highest BCUT2D eigenvalue weighted by Gasteiger charge is 2.04. The highest BCUT2D eigenvalue weighted by molar-refractivity contribution is 6.17. The molecular weight excluding hydrogens is 261 g/mol. The van der Waals surface area contributed by atoms with Gasteiger partial charge in [0.1, 0.15) is 0 Å². The standard InChI is InChI=1S/C11H11ClN.BrH/c12-7-9-13-8-3-5-10-4-1-2-6-11(10)13;/h1-6,8H,7,9H2;1H/q+1;/p-1. The second-order valence-electron chi connectivity index (χ2n) is 2.95. The highest BCUT2D eigenvalue weighted by atomic mass is 79.9. The van der Waals surface area contributed by atoms with E-state index in [9.17, 15) is 0 Å². The predicted octanol–water partition coefficient (Wildman–Crippen LogP) is -0.630. The summed E-state index contributed by atoms with van der Waals surface area (Å²) in [5.74, 6) is 0.651. The van der Waals surface area contributed by atoms with Gasteiger partial charge in [0.25, 0.3) is 0 Å². The first-order chi connectivity index (χ1) is 6.42. The Hall–Kier alpha value is -0.600. The molecule has 1 heterocycles. The number of hydrogen-bond donors (Lipinski definition) is 0. The van der Waals surface area contributed by atoms with Crippen LogP contribution in [0.2, 0.25) is 0 Å². The van der Waals surface area contributed by atoms with Crippen molar-refractivity contribution in [3.63, 3.8) is 0 Å². The van der Waals surface area contributed by atoms with Crippen LogP contribution in [0.4, 0.5) is 0 Å². The fourth-order valence-electron chi connectivity index (χ4n) is 1.51. The molecule has 14 heavy (non-hydrogen) atoms. The maximum Gasteiger partial charge on any atom is 0.212 e. The minimum absolute atomic E-state index is 0. The number of para-hydroxylation sites is 1. The lowest BCUT2D eigenvalue weighted by Gasteiger charge is -1.97. The van der Waals surface area contributed by atoms with E-state index >= 15 is 0 Å². The molecule has 0 fully saturated rings. The number of aryl methyl sites for hydroxylation is 1. The molecule has 0 amide bonds. The third-order valence-corrected chi connectivity index (χ3v) is 2.28. The molecule has 1 nitrogen and oxygen atoms in total. The molecule has 0 aliphatic rings. The van der Waals surface area contributed by atoms with Crippen molar-refractivity contribution in [3.05, 3.63) is 42.6 Å². The Bertz CT molecular complexity index is 411. The summed E-state index contributed by atoms with van der Waals surface area (Å²) < 4.78 is 2.17. The molecule has 0 unspecified atom stereocenters. The van der Waals surface area contributed by atoms with Gasteiger partial charge in [-0.15, -0.1) is 11.6 Å². The summed E-state index contributed by atoms with van der Waals surface area (Å²) >= 11 is 5.72. The maximum absolute atomic E-state index is 5.72. The van der Waals surface area contributed by atoms with E-state index in [-0.39, 0.29) is 17.0 Å². The number of nitrogens with zero attached hydrogens (tertiary/aromatic N) is 1. The molecule has 74 valence electrons. The molecule has 0 atom stereocenters. The zero-order chi connectivity index (χ0) is 9.10. The van der Waals surface area contributed by atoms with E-state index < -0.39 is 0 Å². The minimum atomic E-state index is 0. The van der Waals surface area contributed by atoms with Gasteiger partial charge in [-0.05, 0) is 12.1 Å². The first kappa shape index (κ1) is 11.5. The molecule has 1 aromatic carbocycles. The number of fused-ring (bicyclic) bond motifs is 1. The first-order valence-electron chi connectivity index (χ1n) is 4.35. The molecule has 0 saturated carbocycles. The van der Waals surface area contributed by atoms with Crippen LogP contribution in [0.25, 0.3) is 10.9 Å². The second kappa shape index (κ2) is 5.32. The van der Waals surface area contributed by atoms with E-state index in [1.807, 2.05) is 12.1 Å². The molecule has 2 aromatic rings. The molecule has 0 aliphatic heterocycles. The van der Waals surface area contributed by atoms with Gasteiger partial charge in [0.2, 0.25) is 5.52 Å². The molecule has 0 bridgehead atoms. The summed E-state index contributed by atoms with van der Waals surface area (Å²) in [5, 5.41) is 1.26. The Kier molecular flexibility index (Phi) is 4.36. The van der Waals surface area contributed by atoms with Crippen molar-refractivity contribution in [2.24, 2.45) is 0 Å². The van der Waals surface area contributed by atoms with Crippen molar-refractivity contribution in [1.29, 1.82) is 0 Å². The van der Waals surface area contributed by atoms with Crippen molar-refractivity contribution in [2.45, 2.75) is 6.54 Å². The molecule has 0 saturated heterocycles. The van der Waals surface area contributed by atoms with Crippen LogP contribution in [0.3, 0.4) is 0 Å². The largest absolute Gasteiger partial charge is 1.00 e. The molecular formula is C11H11BrClN. The summed E-state index contributed by atoms with van der Waals surface area (Å²) in [6, 6.07) is 12.5. The van der Waals surface area contributed by atoms with E-state index in [1.54, 1.807) is 0 Å². The minimum Gasteiger partial charge on any atom is -1.00 e. The molecule has 0 aliphatic carbocycles. The van der Waals surface area contributed by atoms with Crippen molar-refractivity contribution >= 4 is 22.5 Å². The number of benzene rings is 1. The van der Waals surface area contributed by atoms with Crippen molar-refractivity contribution in [3.8, 4) is 0 Å². The lowest BCUT2D eigenvalue weighted by Crippen LogP contribution is -3.00. The number of rotatable bonds is 2. The van der Waals surface area contributed by atoms with E-state index in [1.165, 1.54) is 10.9 Å². The van der Waals surface area contributed by atoms with Crippen LogP contribution in [0.15, 0.2) is 42.6 Å². The summed E-state index contributed by atoms with van der Waals surface area (Å²) in [6.45, 7) is 0.864. The van der Waals surface area contributed by atoms with E-state index in [0.717, 1.165) is 6.54 Å². The average Bonchev–Trinajstić information content (AvgIpc) is 2.19. The maximum atomic E-state index is 5.72. The number of halogens is 2. The molecule has 1 aromatic heterocycles. The van der Waals surface area contributed by atoms with Crippen LogP contribution in [-0.2, 0) is 6.54 Å². The third-order valence-electron chi connectivity index (χ3n) is 2.11. The molecule has 0 N–H and O–H groups in total. The van der Waals surface area contributed by atoms with Crippen LogP contribution >= 0.6 is 11.6 Å². The van der Waals surface area contributed by atoms with Gasteiger partial charge in [0, 0.05) is 17.5 Å². The quantitative estimate of drug-likeness (QED) is 0.506. The van der Waals surface area contributed by atoms with Gasteiger partial charge in [0.15, 0.2) is 12.7 Å². The number of aromatic nitrogens is 1. The first-order valence-corrected chi connectivity index (χ1v) is 4.88. The molecule has 2 rings (SSSR count). The molecule has 0 radical (unpaired) electrons. The van der Waals surface area contributed by atoms with Crippen LogP contribution in [0.5, 0.6) is 0 Å². The monoisotopic (exact) mass is 271 g/mol. The zero-order valence-corrected chi connectivity index (χ0v) is 10.0. The normalized spacial score (nSPS) is 9.79. The summed E-state index contributed by atoms with van der Waals surface area (Å²) in [6.07, 6.45) is 2.06. The fourth-order valence-corrected chi connectivity index (χ4v) is 1.69. The Morgan fingerprint density at radius 3 is 2.57 bits per heavy atom. The van der Waals surface area contributed by atoms with Crippen LogP contribution < -0.4 is 21.5 Å². The number of alkyl halides is 1. The van der Waals surface area contributed by atoms with Crippen molar-refractivity contribution in [2.75, 3.05) is 5.88 Å². The van der Waals surface area contributed by atoms with Crippen molar-refractivity contribution < 1.29 is 21.5 Å². The summed E-state index contributed by atoms with van der Waals surface area (Å²) in [5.41, 5.74) is 1.24. The lowest BCUT2D eigenvalue weighted by atomic mass is 10.2. The summed E-state index contributed by atoms with van der Waals surface area (Å²) in [7, 11) is 0. The summed E-state index contributed by atoms with van der Waals surface area (Å²) in [4.78, 5) is 0. The third kappa shape index (κ3) is 2.25. The van der Waals surface area contributed by atoms with E-state index in [4.69, 9.17) is 11.6 Å². The van der Waals surface area contributed by atoms with E-state index in [2.05, 4.69) is 35.0 Å². The Balaban J connectivity index is 0.000000980. The predicted molar refractivity (Wildman–Crippen MR) is 54.9 cm³/mol. The average molecular weight is 273 g/mol.